The maximum atomic E-state index is 5.75. The Kier molecular flexibility index (Phi) is 6.46. The molecule has 4 heteroatoms. The average molecular weight is 291 g/mol. The van der Waals surface area contributed by atoms with Gasteiger partial charge in [-0.25, -0.2) is 4.98 Å². The van der Waals surface area contributed by atoms with Crippen molar-refractivity contribution in [2.45, 2.75) is 46.3 Å². The van der Waals surface area contributed by atoms with E-state index >= 15 is 0 Å². The molecule has 118 valence electrons. The highest BCUT2D eigenvalue weighted by Gasteiger charge is 2.19. The van der Waals surface area contributed by atoms with Gasteiger partial charge in [0.05, 0.1) is 6.10 Å². The lowest BCUT2D eigenvalue weighted by Gasteiger charge is -2.25. The van der Waals surface area contributed by atoms with Gasteiger partial charge in [0, 0.05) is 32.4 Å². The Morgan fingerprint density at radius 3 is 3.00 bits per heavy atom. The number of nitrogens with zero attached hydrogens (tertiary/aromatic N) is 2. The summed E-state index contributed by atoms with van der Waals surface area (Å²) in [5.41, 5.74) is 1.30. The second-order valence-electron chi connectivity index (χ2n) is 6.22. The first-order valence-electron chi connectivity index (χ1n) is 8.21. The van der Waals surface area contributed by atoms with Crippen LogP contribution in [0.1, 0.15) is 39.2 Å². The molecule has 1 saturated heterocycles. The summed E-state index contributed by atoms with van der Waals surface area (Å²) in [6.45, 7) is 11.4. The third kappa shape index (κ3) is 5.29. The minimum Gasteiger partial charge on any atom is -0.376 e. The highest BCUT2D eigenvalue weighted by molar-refractivity contribution is 5.41. The molecule has 1 aromatic heterocycles. The summed E-state index contributed by atoms with van der Waals surface area (Å²) in [4.78, 5) is 6.86. The number of hydrogen-bond donors (Lipinski definition) is 1. The minimum atomic E-state index is 0.370. The Morgan fingerprint density at radius 1 is 1.48 bits per heavy atom. The minimum absolute atomic E-state index is 0.370. The van der Waals surface area contributed by atoms with Crippen molar-refractivity contribution < 1.29 is 4.74 Å². The van der Waals surface area contributed by atoms with E-state index in [2.05, 4.69) is 48.1 Å². The van der Waals surface area contributed by atoms with E-state index in [1.54, 1.807) is 0 Å². The summed E-state index contributed by atoms with van der Waals surface area (Å²) in [6.07, 6.45) is 4.65. The number of nitrogens with one attached hydrogen (secondary N) is 1. The van der Waals surface area contributed by atoms with E-state index in [0.717, 1.165) is 38.6 Å². The molecule has 0 aliphatic carbocycles. The van der Waals surface area contributed by atoms with Crippen molar-refractivity contribution in [3.8, 4) is 0 Å². The van der Waals surface area contributed by atoms with Gasteiger partial charge in [0.2, 0.25) is 0 Å². The lowest BCUT2D eigenvalue weighted by atomic mass is 10.2. The molecular formula is C17H29N3O. The Hall–Kier alpha value is -1.13. The normalized spacial score (nSPS) is 18.4. The zero-order valence-corrected chi connectivity index (χ0v) is 13.6. The maximum absolute atomic E-state index is 5.75. The number of aromatic nitrogens is 1. The zero-order valence-electron chi connectivity index (χ0n) is 13.6. The number of likely N-dealkylation sites (N-methyl/N-ethyl adjacent to an activating group) is 1. The SMILES string of the molecule is CCN(CC1CCCO1)c1cc(CNCC(C)C)ccn1. The molecule has 21 heavy (non-hydrogen) atoms. The molecule has 1 aliphatic rings. The second-order valence-corrected chi connectivity index (χ2v) is 6.22. The van der Waals surface area contributed by atoms with E-state index < -0.39 is 0 Å². The predicted molar refractivity (Wildman–Crippen MR) is 87.6 cm³/mol. The van der Waals surface area contributed by atoms with E-state index in [9.17, 15) is 0 Å². The van der Waals surface area contributed by atoms with E-state index in [4.69, 9.17) is 4.74 Å². The third-order valence-corrected chi connectivity index (χ3v) is 3.85. The van der Waals surface area contributed by atoms with Crippen LogP contribution in [0.3, 0.4) is 0 Å². The molecule has 0 saturated carbocycles. The fourth-order valence-electron chi connectivity index (χ4n) is 2.67. The van der Waals surface area contributed by atoms with Gasteiger partial charge < -0.3 is 15.0 Å². The summed E-state index contributed by atoms with van der Waals surface area (Å²) in [5.74, 6) is 1.75. The molecule has 0 radical (unpaired) electrons. The van der Waals surface area contributed by atoms with Gasteiger partial charge in [-0.15, -0.1) is 0 Å². The van der Waals surface area contributed by atoms with Crippen LogP contribution in [0, 0.1) is 5.92 Å². The van der Waals surface area contributed by atoms with E-state index in [-0.39, 0.29) is 0 Å². The Balaban J connectivity index is 1.93. The zero-order chi connectivity index (χ0) is 15.1. The Bertz CT molecular complexity index is 416. The van der Waals surface area contributed by atoms with E-state index in [1.807, 2.05) is 6.20 Å². The van der Waals surface area contributed by atoms with Crippen LogP contribution in [-0.2, 0) is 11.3 Å². The molecule has 1 aliphatic heterocycles. The standard InChI is InChI=1S/C17H29N3O/c1-4-20(13-16-6-5-9-21-16)17-10-15(7-8-19-17)12-18-11-14(2)3/h7-8,10,14,16,18H,4-6,9,11-13H2,1-3H3. The highest BCUT2D eigenvalue weighted by Crippen LogP contribution is 2.18. The van der Waals surface area contributed by atoms with Gasteiger partial charge in [-0.1, -0.05) is 13.8 Å². The largest absolute Gasteiger partial charge is 0.376 e. The average Bonchev–Trinajstić information content (AvgIpc) is 2.97. The summed E-state index contributed by atoms with van der Waals surface area (Å²) in [5, 5.41) is 3.49. The summed E-state index contributed by atoms with van der Waals surface area (Å²) >= 11 is 0. The van der Waals surface area contributed by atoms with Gasteiger partial charge in [0.1, 0.15) is 5.82 Å². The molecule has 1 aromatic rings. The number of hydrogen-bond acceptors (Lipinski definition) is 4. The molecule has 2 rings (SSSR count). The molecule has 2 heterocycles. The fourth-order valence-corrected chi connectivity index (χ4v) is 2.67. The number of anilines is 1. The molecule has 1 unspecified atom stereocenters. The van der Waals surface area contributed by atoms with Crippen LogP contribution >= 0.6 is 0 Å². The van der Waals surface area contributed by atoms with Crippen LogP contribution in [-0.4, -0.2) is 37.3 Å². The molecule has 1 fully saturated rings. The van der Waals surface area contributed by atoms with Gasteiger partial charge in [-0.3, -0.25) is 0 Å². The van der Waals surface area contributed by atoms with Gasteiger partial charge in [0.15, 0.2) is 0 Å². The molecule has 4 nitrogen and oxygen atoms in total. The molecule has 0 spiro atoms. The van der Waals surface area contributed by atoms with Crippen molar-refractivity contribution in [3.05, 3.63) is 23.9 Å². The van der Waals surface area contributed by atoms with Crippen molar-refractivity contribution in [1.82, 2.24) is 10.3 Å². The van der Waals surface area contributed by atoms with Crippen LogP contribution in [0.4, 0.5) is 5.82 Å². The monoisotopic (exact) mass is 291 g/mol. The molecule has 1 N–H and O–H groups in total. The number of ether oxygens (including phenoxy) is 1. The second kappa shape index (κ2) is 8.35. The Labute approximate surface area is 128 Å². The number of pyridine rings is 1. The molecular weight excluding hydrogens is 262 g/mol. The molecule has 1 atom stereocenters. The first-order valence-corrected chi connectivity index (χ1v) is 8.21. The first kappa shape index (κ1) is 16.2. The van der Waals surface area contributed by atoms with Gasteiger partial charge >= 0.3 is 0 Å². The predicted octanol–water partition coefficient (Wildman–Crippen LogP) is 2.83. The molecule has 0 aromatic carbocycles. The third-order valence-electron chi connectivity index (χ3n) is 3.85. The fraction of sp³-hybridized carbons (Fsp3) is 0.706. The summed E-state index contributed by atoms with van der Waals surface area (Å²) in [6, 6.07) is 4.29. The molecule has 0 amide bonds. The van der Waals surface area contributed by atoms with Crippen molar-refractivity contribution >= 4 is 5.82 Å². The van der Waals surface area contributed by atoms with E-state index in [0.29, 0.717) is 12.0 Å². The lowest BCUT2D eigenvalue weighted by molar-refractivity contribution is 0.115. The van der Waals surface area contributed by atoms with Crippen molar-refractivity contribution in [1.29, 1.82) is 0 Å². The van der Waals surface area contributed by atoms with Crippen molar-refractivity contribution in [2.24, 2.45) is 5.92 Å². The van der Waals surface area contributed by atoms with Gasteiger partial charge in [-0.05, 0) is 49.9 Å². The van der Waals surface area contributed by atoms with Crippen LogP contribution in [0.15, 0.2) is 18.3 Å². The quantitative estimate of drug-likeness (QED) is 0.799. The highest BCUT2D eigenvalue weighted by atomic mass is 16.5. The van der Waals surface area contributed by atoms with Crippen LogP contribution in [0.2, 0.25) is 0 Å². The maximum Gasteiger partial charge on any atom is 0.128 e. The topological polar surface area (TPSA) is 37.4 Å². The van der Waals surface area contributed by atoms with Crippen LogP contribution in [0.5, 0.6) is 0 Å². The summed E-state index contributed by atoms with van der Waals surface area (Å²) in [7, 11) is 0. The van der Waals surface area contributed by atoms with Crippen molar-refractivity contribution in [3.63, 3.8) is 0 Å². The smallest absolute Gasteiger partial charge is 0.128 e. The molecule has 0 bridgehead atoms. The van der Waals surface area contributed by atoms with Crippen LogP contribution in [0.25, 0.3) is 0 Å². The van der Waals surface area contributed by atoms with Gasteiger partial charge in [0.25, 0.3) is 0 Å². The van der Waals surface area contributed by atoms with Gasteiger partial charge in [-0.2, -0.15) is 0 Å². The van der Waals surface area contributed by atoms with E-state index in [1.165, 1.54) is 18.4 Å². The van der Waals surface area contributed by atoms with Crippen LogP contribution < -0.4 is 10.2 Å². The Morgan fingerprint density at radius 2 is 2.33 bits per heavy atom. The lowest BCUT2D eigenvalue weighted by Crippen LogP contribution is -2.32. The summed E-state index contributed by atoms with van der Waals surface area (Å²) < 4.78 is 5.75. The first-order chi connectivity index (χ1) is 10.2. The number of rotatable bonds is 8. The van der Waals surface area contributed by atoms with Crippen molar-refractivity contribution in [2.75, 3.05) is 31.1 Å².